The Hall–Kier alpha value is -4.46. The molecule has 1 aliphatic rings. The molecule has 4 aromatic rings. The summed E-state index contributed by atoms with van der Waals surface area (Å²) in [6, 6.07) is 21.5. The highest BCUT2D eigenvalue weighted by Gasteiger charge is 2.34. The molecule has 3 aromatic carbocycles. The van der Waals surface area contributed by atoms with Crippen molar-refractivity contribution in [1.29, 1.82) is 5.26 Å². The molecule has 0 N–H and O–H groups in total. The Balaban J connectivity index is 1.54. The van der Waals surface area contributed by atoms with E-state index in [4.69, 9.17) is 14.2 Å². The topological polar surface area (TPSA) is 103 Å². The third-order valence-electron chi connectivity index (χ3n) is 6.73. The highest BCUT2D eigenvalue weighted by molar-refractivity contribution is 9.10. The van der Waals surface area contributed by atoms with E-state index >= 15 is 0 Å². The molecule has 0 aliphatic carbocycles. The van der Waals surface area contributed by atoms with E-state index in [1.807, 2.05) is 54.6 Å². The number of rotatable bonds is 8. The van der Waals surface area contributed by atoms with E-state index in [-0.39, 0.29) is 18.8 Å². The van der Waals surface area contributed by atoms with E-state index in [1.165, 1.54) is 15.9 Å². The minimum Gasteiger partial charge on any atom is -0.496 e. The van der Waals surface area contributed by atoms with Gasteiger partial charge in [-0.1, -0.05) is 53.8 Å². The molecule has 0 spiro atoms. The summed E-state index contributed by atoms with van der Waals surface area (Å²) in [6.45, 7) is 3.92. The molecular formula is C32H26BrN3O5S. The van der Waals surface area contributed by atoms with E-state index in [9.17, 15) is 14.9 Å². The van der Waals surface area contributed by atoms with Crippen molar-refractivity contribution in [1.82, 2.24) is 4.57 Å². The second-order valence-corrected chi connectivity index (χ2v) is 11.2. The number of fused-ring (bicyclic) bond motifs is 1. The summed E-state index contributed by atoms with van der Waals surface area (Å²) < 4.78 is 19.6. The van der Waals surface area contributed by atoms with E-state index in [0.29, 0.717) is 47.7 Å². The Kier molecular flexibility index (Phi) is 8.71. The largest absolute Gasteiger partial charge is 0.496 e. The number of allylic oxidation sites excluding steroid dienone is 1. The third kappa shape index (κ3) is 5.66. The van der Waals surface area contributed by atoms with Crippen LogP contribution in [0.5, 0.6) is 11.5 Å². The van der Waals surface area contributed by atoms with Crippen LogP contribution in [-0.2, 0) is 16.1 Å². The van der Waals surface area contributed by atoms with Crippen molar-refractivity contribution in [2.45, 2.75) is 26.5 Å². The molecule has 1 aromatic heterocycles. The van der Waals surface area contributed by atoms with Gasteiger partial charge in [-0.15, -0.1) is 0 Å². The maximum atomic E-state index is 13.9. The normalized spacial score (nSPS) is 14.5. The minimum atomic E-state index is -0.766. The number of carbonyl (C=O) groups excluding carboxylic acids is 1. The molecule has 1 atom stereocenters. The van der Waals surface area contributed by atoms with Crippen LogP contribution in [0.3, 0.4) is 0 Å². The van der Waals surface area contributed by atoms with Gasteiger partial charge in [0.15, 0.2) is 4.80 Å². The Labute approximate surface area is 254 Å². The van der Waals surface area contributed by atoms with Crippen LogP contribution in [0.2, 0.25) is 0 Å². The van der Waals surface area contributed by atoms with Crippen molar-refractivity contribution in [2.75, 3.05) is 13.7 Å². The lowest BCUT2D eigenvalue weighted by molar-refractivity contribution is -0.139. The molecule has 0 unspecified atom stereocenters. The zero-order valence-electron chi connectivity index (χ0n) is 23.1. The van der Waals surface area contributed by atoms with E-state index in [0.717, 1.165) is 11.1 Å². The van der Waals surface area contributed by atoms with Crippen LogP contribution in [0.15, 0.2) is 92.3 Å². The van der Waals surface area contributed by atoms with Gasteiger partial charge in [0.25, 0.3) is 5.56 Å². The van der Waals surface area contributed by atoms with Crippen molar-refractivity contribution < 1.29 is 19.0 Å². The minimum absolute atomic E-state index is 0.193. The van der Waals surface area contributed by atoms with Gasteiger partial charge in [-0.05, 0) is 65.7 Å². The maximum Gasteiger partial charge on any atom is 0.338 e. The molecule has 8 nitrogen and oxygen atoms in total. The molecule has 0 saturated carbocycles. The Bertz CT molecular complexity index is 1940. The standard InChI is InChI=1S/C32H26BrN3O5S/c1-4-40-31(38)28-19(2)35-32-36(29(28)23-11-7-8-12-25(23)39-3)30(37)27(42-32)16-20-13-14-26(24(33)15-20)41-18-22-10-6-5-9-21(22)17-34/h5-16,29H,4,18H2,1-3H3/b27-16+/t29-/m0/s1. The number of thiazole rings is 1. The van der Waals surface area contributed by atoms with Gasteiger partial charge in [-0.3, -0.25) is 9.36 Å². The van der Waals surface area contributed by atoms with Crippen LogP contribution in [0.25, 0.3) is 6.08 Å². The van der Waals surface area contributed by atoms with E-state index in [2.05, 4.69) is 27.0 Å². The molecule has 0 saturated heterocycles. The first-order valence-corrected chi connectivity index (χ1v) is 14.7. The number of hydrogen-bond acceptors (Lipinski definition) is 8. The number of para-hydroxylation sites is 1. The quantitative estimate of drug-likeness (QED) is 0.250. The molecule has 212 valence electrons. The van der Waals surface area contributed by atoms with Crippen LogP contribution in [0.1, 0.15) is 42.1 Å². The lowest BCUT2D eigenvalue weighted by Gasteiger charge is -2.25. The van der Waals surface area contributed by atoms with Crippen LogP contribution in [-0.4, -0.2) is 24.3 Å². The molecule has 2 heterocycles. The molecule has 5 rings (SSSR count). The summed E-state index contributed by atoms with van der Waals surface area (Å²) >= 11 is 4.81. The van der Waals surface area contributed by atoms with Crippen molar-refractivity contribution in [2.24, 2.45) is 4.99 Å². The fourth-order valence-electron chi connectivity index (χ4n) is 4.76. The average Bonchev–Trinajstić information content (AvgIpc) is 3.29. The third-order valence-corrected chi connectivity index (χ3v) is 8.33. The van der Waals surface area contributed by atoms with E-state index < -0.39 is 12.0 Å². The highest BCUT2D eigenvalue weighted by Crippen LogP contribution is 2.35. The van der Waals surface area contributed by atoms with Crippen molar-refractivity contribution in [3.05, 3.63) is 124 Å². The highest BCUT2D eigenvalue weighted by atomic mass is 79.9. The zero-order valence-corrected chi connectivity index (χ0v) is 25.5. The van der Waals surface area contributed by atoms with Crippen LogP contribution < -0.4 is 24.4 Å². The summed E-state index contributed by atoms with van der Waals surface area (Å²) in [6.07, 6.45) is 1.78. The lowest BCUT2D eigenvalue weighted by Crippen LogP contribution is -2.40. The van der Waals surface area contributed by atoms with Crippen molar-refractivity contribution in [3.8, 4) is 17.6 Å². The number of methoxy groups -OCH3 is 1. The number of esters is 1. The molecule has 0 bridgehead atoms. The summed E-state index contributed by atoms with van der Waals surface area (Å²) in [5.74, 6) is 0.624. The summed E-state index contributed by atoms with van der Waals surface area (Å²) in [4.78, 5) is 32.1. The van der Waals surface area contributed by atoms with E-state index in [1.54, 1.807) is 39.2 Å². The molecule has 10 heteroatoms. The Morgan fingerprint density at radius 1 is 1.14 bits per heavy atom. The summed E-state index contributed by atoms with van der Waals surface area (Å²) in [7, 11) is 1.55. The summed E-state index contributed by atoms with van der Waals surface area (Å²) in [5.41, 5.74) is 3.28. The summed E-state index contributed by atoms with van der Waals surface area (Å²) in [5, 5.41) is 9.33. The maximum absolute atomic E-state index is 13.9. The van der Waals surface area contributed by atoms with Crippen molar-refractivity contribution >= 4 is 39.3 Å². The van der Waals surface area contributed by atoms with Crippen molar-refractivity contribution in [3.63, 3.8) is 0 Å². The fraction of sp³-hybridized carbons (Fsp3) is 0.188. The van der Waals surface area contributed by atoms with Gasteiger partial charge in [-0.25, -0.2) is 9.79 Å². The number of ether oxygens (including phenoxy) is 3. The molecular weight excluding hydrogens is 618 g/mol. The average molecular weight is 645 g/mol. The predicted octanol–water partition coefficient (Wildman–Crippen LogP) is 5.02. The van der Waals surface area contributed by atoms with Crippen LogP contribution in [0, 0.1) is 11.3 Å². The predicted molar refractivity (Wildman–Crippen MR) is 163 cm³/mol. The number of benzene rings is 3. The number of aromatic nitrogens is 1. The number of nitriles is 1. The van der Waals surface area contributed by atoms with Gasteiger partial charge in [0.1, 0.15) is 24.1 Å². The monoisotopic (exact) mass is 643 g/mol. The molecule has 1 aliphatic heterocycles. The second-order valence-electron chi connectivity index (χ2n) is 9.29. The molecule has 42 heavy (non-hydrogen) atoms. The van der Waals surface area contributed by atoms with Crippen LogP contribution in [0.4, 0.5) is 0 Å². The van der Waals surface area contributed by atoms with Crippen LogP contribution >= 0.6 is 27.3 Å². The Morgan fingerprint density at radius 3 is 2.64 bits per heavy atom. The zero-order chi connectivity index (χ0) is 29.8. The smallest absolute Gasteiger partial charge is 0.338 e. The number of halogens is 1. The number of nitrogens with zero attached hydrogens (tertiary/aromatic N) is 3. The van der Waals surface area contributed by atoms with Gasteiger partial charge in [0.05, 0.1) is 45.6 Å². The molecule has 0 fully saturated rings. The molecule has 0 amide bonds. The molecule has 0 radical (unpaired) electrons. The van der Waals surface area contributed by atoms with Gasteiger partial charge >= 0.3 is 5.97 Å². The van der Waals surface area contributed by atoms with Gasteiger partial charge < -0.3 is 14.2 Å². The fourth-order valence-corrected chi connectivity index (χ4v) is 6.32. The Morgan fingerprint density at radius 2 is 1.90 bits per heavy atom. The van der Waals surface area contributed by atoms with Gasteiger partial charge in [0.2, 0.25) is 0 Å². The first-order chi connectivity index (χ1) is 20.4. The second kappa shape index (κ2) is 12.6. The first kappa shape index (κ1) is 29.0. The lowest BCUT2D eigenvalue weighted by atomic mass is 9.95. The number of carbonyl (C=O) groups is 1. The number of hydrogen-bond donors (Lipinski definition) is 0. The first-order valence-electron chi connectivity index (χ1n) is 13.1. The SMILES string of the molecule is CCOC(=O)C1=C(C)N=c2s/c(=C/c3ccc(OCc4ccccc4C#N)c(Br)c3)c(=O)n2[C@H]1c1ccccc1OC. The van der Waals surface area contributed by atoms with Gasteiger partial charge in [-0.2, -0.15) is 5.26 Å². The van der Waals surface area contributed by atoms with Gasteiger partial charge in [0, 0.05) is 11.1 Å².